The fourth-order valence-electron chi connectivity index (χ4n) is 4.78. The maximum Gasteiger partial charge on any atom is -1.00 e. The van der Waals surface area contributed by atoms with Crippen LogP contribution < -0.4 is 35.2 Å². The van der Waals surface area contributed by atoms with E-state index in [0.29, 0.717) is 5.92 Å². The van der Waals surface area contributed by atoms with E-state index in [1.807, 2.05) is 3.28 Å². The van der Waals surface area contributed by atoms with Crippen molar-refractivity contribution in [1.82, 2.24) is 0 Å². The fourth-order valence-corrected chi connectivity index (χ4v) is 30.0. The molecule has 0 amide bonds. The maximum atomic E-state index is 2.48. The molecule has 2 aromatic carbocycles. The SMILES string of the molecule is CC1=C(C)C(C)[C]([Zr+2]([C]2=CC=CC2)[SiH](c2ccccc2)c2ccccc2)=C1C.[Cl-].[Cl-]. The third-order valence-electron chi connectivity index (χ3n) is 6.60. The van der Waals surface area contributed by atoms with E-state index in [9.17, 15) is 0 Å². The van der Waals surface area contributed by atoms with Crippen LogP contribution in [0.3, 0.4) is 0 Å². The molecular weight excluding hydrogens is 503 g/mol. The second-order valence-electron chi connectivity index (χ2n) is 8.06. The van der Waals surface area contributed by atoms with Crippen molar-refractivity contribution in [3.63, 3.8) is 0 Å². The Balaban J connectivity index is 0.00000160. The normalized spacial score (nSPS) is 17.8. The molecule has 0 nitrogen and oxygen atoms in total. The average Bonchev–Trinajstić information content (AvgIpc) is 3.33. The Hall–Kier alpha value is -0.920. The van der Waals surface area contributed by atoms with Crippen LogP contribution in [0.15, 0.2) is 102 Å². The van der Waals surface area contributed by atoms with E-state index < -0.39 is 26.8 Å². The number of hydrogen-bond donors (Lipinski definition) is 0. The summed E-state index contributed by atoms with van der Waals surface area (Å²) in [5.41, 5.74) is 4.78. The Labute approximate surface area is 202 Å². The molecule has 0 N–H and O–H groups in total. The summed E-state index contributed by atoms with van der Waals surface area (Å²) >= 11 is -2.10. The van der Waals surface area contributed by atoms with Crippen LogP contribution in [0.4, 0.5) is 0 Å². The van der Waals surface area contributed by atoms with Gasteiger partial charge in [-0.2, -0.15) is 0 Å². The minimum Gasteiger partial charge on any atom is -1.00 e. The van der Waals surface area contributed by atoms with E-state index in [-0.39, 0.29) is 24.8 Å². The number of hydrogen-bond acceptors (Lipinski definition) is 0. The minimum absolute atomic E-state index is 0. The summed E-state index contributed by atoms with van der Waals surface area (Å²) in [5.74, 6) is -0.676. The molecule has 30 heavy (non-hydrogen) atoms. The summed E-state index contributed by atoms with van der Waals surface area (Å²) in [5, 5.41) is 3.26. The first kappa shape index (κ1) is 25.3. The zero-order valence-corrected chi connectivity index (χ0v) is 23.2. The second kappa shape index (κ2) is 11.1. The van der Waals surface area contributed by atoms with Gasteiger partial charge in [-0.15, -0.1) is 0 Å². The third kappa shape index (κ3) is 4.78. The molecule has 0 fully saturated rings. The molecule has 0 aromatic heterocycles. The maximum absolute atomic E-state index is 2.48. The van der Waals surface area contributed by atoms with Crippen LogP contribution >= 0.6 is 0 Å². The molecule has 0 radical (unpaired) electrons. The minimum atomic E-state index is -2.10. The molecular formula is C26H29Cl2SiZr. The summed E-state index contributed by atoms with van der Waals surface area (Å²) in [7, 11) is 0. The molecule has 1 atom stereocenters. The Morgan fingerprint density at radius 2 is 1.33 bits per heavy atom. The third-order valence-corrected chi connectivity index (χ3v) is 28.5. The Kier molecular flexibility index (Phi) is 9.37. The number of halogens is 2. The molecule has 155 valence electrons. The average molecular weight is 532 g/mol. The van der Waals surface area contributed by atoms with Crippen LogP contribution in [0.25, 0.3) is 0 Å². The van der Waals surface area contributed by atoms with E-state index >= 15 is 0 Å². The van der Waals surface area contributed by atoms with Crippen molar-refractivity contribution in [3.8, 4) is 0 Å². The van der Waals surface area contributed by atoms with Gasteiger partial charge in [-0.25, -0.2) is 0 Å². The van der Waals surface area contributed by atoms with Gasteiger partial charge in [0, 0.05) is 0 Å². The largest absolute Gasteiger partial charge is 1.00 e. The van der Waals surface area contributed by atoms with Crippen LogP contribution in [-0.4, -0.2) is 5.92 Å². The van der Waals surface area contributed by atoms with Crippen molar-refractivity contribution >= 4 is 16.3 Å². The number of rotatable bonds is 5. The second-order valence-corrected chi connectivity index (χ2v) is 22.9. The first-order chi connectivity index (χ1) is 13.6. The van der Waals surface area contributed by atoms with E-state index in [1.165, 1.54) is 6.42 Å². The molecule has 0 saturated carbocycles. The molecule has 0 saturated heterocycles. The molecule has 4 heteroatoms. The summed E-state index contributed by atoms with van der Waals surface area (Å²) in [6, 6.07) is 23.0. The fraction of sp³-hybridized carbons (Fsp3) is 0.231. The van der Waals surface area contributed by atoms with E-state index in [1.54, 1.807) is 30.4 Å². The molecule has 0 heterocycles. The predicted molar refractivity (Wildman–Crippen MR) is 121 cm³/mol. The predicted octanol–water partition coefficient (Wildman–Crippen LogP) is -0.745. The molecule has 2 aromatic rings. The van der Waals surface area contributed by atoms with E-state index in [2.05, 4.69) is 107 Å². The summed E-state index contributed by atoms with van der Waals surface area (Å²) in [4.78, 5) is 0. The number of allylic oxidation sites excluding steroid dienone is 8. The van der Waals surface area contributed by atoms with Crippen molar-refractivity contribution in [2.45, 2.75) is 34.1 Å². The van der Waals surface area contributed by atoms with Crippen molar-refractivity contribution in [1.29, 1.82) is 0 Å². The van der Waals surface area contributed by atoms with Gasteiger partial charge in [0.15, 0.2) is 0 Å². The van der Waals surface area contributed by atoms with Gasteiger partial charge in [0.2, 0.25) is 0 Å². The monoisotopic (exact) mass is 529 g/mol. The van der Waals surface area contributed by atoms with Gasteiger partial charge in [-0.1, -0.05) is 0 Å². The molecule has 0 spiro atoms. The van der Waals surface area contributed by atoms with Crippen molar-refractivity contribution in [2.75, 3.05) is 0 Å². The standard InChI is InChI=1S/C12H11Si.C9H13.C5H5.2ClH.Zr/c1-3-7-11(8-4-1)13-12-9-5-2-6-10-12;1-6-5-7(2)9(4)8(6)3;1-2-4-5-3-1;;;/h1-10,13H;6H,1-4H3;1-3H,4H2;2*1H;/q;;;;;+2/p-2. The molecule has 1 unspecified atom stereocenters. The number of benzene rings is 2. The van der Waals surface area contributed by atoms with E-state index in [4.69, 9.17) is 0 Å². The van der Waals surface area contributed by atoms with Crippen LogP contribution in [0.1, 0.15) is 34.1 Å². The zero-order chi connectivity index (χ0) is 19.7. The van der Waals surface area contributed by atoms with E-state index in [0.717, 1.165) is 0 Å². The Morgan fingerprint density at radius 1 is 0.800 bits per heavy atom. The molecule has 0 aliphatic heterocycles. The van der Waals surface area contributed by atoms with Crippen LogP contribution in [-0.2, 0) is 20.9 Å². The zero-order valence-electron chi connectivity index (χ0n) is 18.1. The smallest absolute Gasteiger partial charge is 1.00 e. The molecule has 2 aliphatic carbocycles. The summed E-state index contributed by atoms with van der Waals surface area (Å²) in [6.07, 6.45) is 8.34. The van der Waals surface area contributed by atoms with Crippen LogP contribution in [0.5, 0.6) is 0 Å². The quantitative estimate of drug-likeness (QED) is 0.446. The molecule has 4 rings (SSSR count). The van der Waals surface area contributed by atoms with Gasteiger partial charge in [0.25, 0.3) is 0 Å². The van der Waals surface area contributed by atoms with Crippen molar-refractivity contribution in [2.24, 2.45) is 5.92 Å². The van der Waals surface area contributed by atoms with Crippen LogP contribution in [0.2, 0.25) is 0 Å². The van der Waals surface area contributed by atoms with Gasteiger partial charge in [0.05, 0.1) is 0 Å². The van der Waals surface area contributed by atoms with Crippen molar-refractivity contribution < 1.29 is 45.7 Å². The Bertz CT molecular complexity index is 951. The first-order valence-corrected chi connectivity index (χ1v) is 18.8. The van der Waals surface area contributed by atoms with Crippen molar-refractivity contribution in [3.05, 3.63) is 102 Å². The molecule has 0 bridgehead atoms. The van der Waals surface area contributed by atoms with Gasteiger partial charge >= 0.3 is 179 Å². The Morgan fingerprint density at radius 3 is 1.73 bits per heavy atom. The summed E-state index contributed by atoms with van der Waals surface area (Å²) < 4.78 is 3.67. The topological polar surface area (TPSA) is 0 Å². The molecule has 2 aliphatic rings. The first-order valence-electron chi connectivity index (χ1n) is 10.3. The van der Waals surface area contributed by atoms with Gasteiger partial charge in [0.1, 0.15) is 0 Å². The van der Waals surface area contributed by atoms with Gasteiger partial charge in [-0.3, -0.25) is 0 Å². The summed E-state index contributed by atoms with van der Waals surface area (Å²) in [6.45, 7) is 9.58. The van der Waals surface area contributed by atoms with Crippen LogP contribution in [0, 0.1) is 5.92 Å². The van der Waals surface area contributed by atoms with Gasteiger partial charge in [-0.05, 0) is 0 Å². The van der Waals surface area contributed by atoms with Gasteiger partial charge < -0.3 is 24.8 Å².